The number of rotatable bonds is 7. The van der Waals surface area contributed by atoms with Gasteiger partial charge in [-0.2, -0.15) is 0 Å². The smallest absolute Gasteiger partial charge is 0.233 e. The van der Waals surface area contributed by atoms with E-state index in [0.29, 0.717) is 11.7 Å². The standard InChI is InChI=1S/C17H22N4O2S/c1-13(24-17-18-7-5-8-19-17)16(22)20-12-14(15-6-4-11-23-15)21-9-2-3-10-21/h4-8,11,13-14H,2-3,9-10,12H2,1H3,(H,20,22)/t13-,14-/m1/s1. The van der Waals surface area contributed by atoms with Gasteiger partial charge < -0.3 is 9.73 Å². The van der Waals surface area contributed by atoms with Gasteiger partial charge in [0.05, 0.1) is 17.6 Å². The van der Waals surface area contributed by atoms with E-state index in [0.717, 1.165) is 18.8 Å². The van der Waals surface area contributed by atoms with Gasteiger partial charge in [-0.25, -0.2) is 9.97 Å². The molecule has 1 N–H and O–H groups in total. The number of thioether (sulfide) groups is 1. The molecule has 0 bridgehead atoms. The molecule has 7 heteroatoms. The number of hydrogen-bond acceptors (Lipinski definition) is 6. The lowest BCUT2D eigenvalue weighted by Gasteiger charge is -2.26. The van der Waals surface area contributed by atoms with Gasteiger partial charge >= 0.3 is 0 Å². The van der Waals surface area contributed by atoms with Crippen molar-refractivity contribution in [1.29, 1.82) is 0 Å². The van der Waals surface area contributed by atoms with Crippen molar-refractivity contribution in [3.63, 3.8) is 0 Å². The predicted octanol–water partition coefficient (Wildman–Crippen LogP) is 2.50. The van der Waals surface area contributed by atoms with E-state index >= 15 is 0 Å². The molecule has 1 aliphatic rings. The lowest BCUT2D eigenvalue weighted by Crippen LogP contribution is -2.39. The Morgan fingerprint density at radius 1 is 1.33 bits per heavy atom. The van der Waals surface area contributed by atoms with Crippen molar-refractivity contribution in [2.24, 2.45) is 0 Å². The molecule has 0 unspecified atom stereocenters. The van der Waals surface area contributed by atoms with Crippen molar-refractivity contribution in [3.8, 4) is 0 Å². The van der Waals surface area contributed by atoms with Crippen LogP contribution >= 0.6 is 11.8 Å². The Morgan fingerprint density at radius 3 is 2.75 bits per heavy atom. The topological polar surface area (TPSA) is 71.3 Å². The molecule has 6 nitrogen and oxygen atoms in total. The van der Waals surface area contributed by atoms with E-state index in [4.69, 9.17) is 4.42 Å². The van der Waals surface area contributed by atoms with Crippen LogP contribution < -0.4 is 5.32 Å². The van der Waals surface area contributed by atoms with Gasteiger partial charge in [-0.3, -0.25) is 9.69 Å². The maximum absolute atomic E-state index is 12.4. The van der Waals surface area contributed by atoms with Gasteiger partial charge in [0.25, 0.3) is 0 Å². The summed E-state index contributed by atoms with van der Waals surface area (Å²) in [5, 5.41) is 3.42. The molecule has 0 saturated carbocycles. The van der Waals surface area contributed by atoms with Gasteiger partial charge in [-0.05, 0) is 51.1 Å². The van der Waals surface area contributed by atoms with E-state index in [-0.39, 0.29) is 17.2 Å². The largest absolute Gasteiger partial charge is 0.468 e. The Morgan fingerprint density at radius 2 is 2.08 bits per heavy atom. The third-order valence-electron chi connectivity index (χ3n) is 4.12. The number of hydrogen-bond donors (Lipinski definition) is 1. The first kappa shape index (κ1) is 17.0. The number of furan rings is 1. The quantitative estimate of drug-likeness (QED) is 0.613. The molecule has 24 heavy (non-hydrogen) atoms. The highest BCUT2D eigenvalue weighted by molar-refractivity contribution is 8.00. The lowest BCUT2D eigenvalue weighted by molar-refractivity contribution is -0.120. The maximum Gasteiger partial charge on any atom is 0.233 e. The minimum absolute atomic E-state index is 0.0109. The van der Waals surface area contributed by atoms with Gasteiger partial charge in [-0.1, -0.05) is 11.8 Å². The summed E-state index contributed by atoms with van der Waals surface area (Å²) in [6.45, 7) is 4.51. The van der Waals surface area contributed by atoms with Gasteiger partial charge in [0.1, 0.15) is 5.76 Å². The first-order valence-electron chi connectivity index (χ1n) is 8.23. The molecule has 2 atom stereocenters. The van der Waals surface area contributed by atoms with Crippen molar-refractivity contribution >= 4 is 17.7 Å². The Bertz CT molecular complexity index is 629. The molecular formula is C17H22N4O2S. The summed E-state index contributed by atoms with van der Waals surface area (Å²) < 4.78 is 5.58. The number of likely N-dealkylation sites (tertiary alicyclic amines) is 1. The first-order valence-corrected chi connectivity index (χ1v) is 9.11. The number of carbonyl (C=O) groups excluding carboxylic acids is 1. The zero-order valence-corrected chi connectivity index (χ0v) is 14.5. The molecule has 1 fully saturated rings. The van der Waals surface area contributed by atoms with Crippen LogP contribution in [0, 0.1) is 0 Å². The summed E-state index contributed by atoms with van der Waals surface area (Å²) in [5.41, 5.74) is 0. The summed E-state index contributed by atoms with van der Waals surface area (Å²) in [7, 11) is 0. The first-order chi connectivity index (χ1) is 11.7. The van der Waals surface area contributed by atoms with Crippen molar-refractivity contribution in [1.82, 2.24) is 20.2 Å². The fourth-order valence-corrected chi connectivity index (χ4v) is 3.59. The van der Waals surface area contributed by atoms with Gasteiger partial charge in [0.15, 0.2) is 5.16 Å². The van der Waals surface area contributed by atoms with Gasteiger partial charge in [0.2, 0.25) is 5.91 Å². The van der Waals surface area contributed by atoms with E-state index in [9.17, 15) is 4.79 Å². The molecular weight excluding hydrogens is 324 g/mol. The van der Waals surface area contributed by atoms with Crippen molar-refractivity contribution in [2.75, 3.05) is 19.6 Å². The van der Waals surface area contributed by atoms with Gasteiger partial charge in [-0.15, -0.1) is 0 Å². The molecule has 0 radical (unpaired) electrons. The highest BCUT2D eigenvalue weighted by Crippen LogP contribution is 2.25. The summed E-state index contributed by atoms with van der Waals surface area (Å²) in [6, 6.07) is 5.73. The number of amides is 1. The molecule has 0 aliphatic carbocycles. The van der Waals surface area contributed by atoms with E-state index in [2.05, 4.69) is 20.2 Å². The van der Waals surface area contributed by atoms with Crippen LogP contribution in [0.5, 0.6) is 0 Å². The minimum Gasteiger partial charge on any atom is -0.468 e. The molecule has 0 aromatic carbocycles. The summed E-state index contributed by atoms with van der Waals surface area (Å²) >= 11 is 1.36. The average molecular weight is 346 g/mol. The second-order valence-electron chi connectivity index (χ2n) is 5.81. The van der Waals surface area contributed by atoms with Crippen LogP contribution in [0.1, 0.15) is 31.6 Å². The van der Waals surface area contributed by atoms with Crippen LogP contribution in [0.3, 0.4) is 0 Å². The average Bonchev–Trinajstić information content (AvgIpc) is 3.30. The van der Waals surface area contributed by atoms with Crippen LogP contribution in [0.4, 0.5) is 0 Å². The number of nitrogens with one attached hydrogen (secondary N) is 1. The molecule has 3 rings (SSSR count). The highest BCUT2D eigenvalue weighted by Gasteiger charge is 2.26. The maximum atomic E-state index is 12.4. The summed E-state index contributed by atoms with van der Waals surface area (Å²) in [4.78, 5) is 23.1. The molecule has 1 aliphatic heterocycles. The molecule has 1 amide bonds. The Balaban J connectivity index is 1.56. The fourth-order valence-electron chi connectivity index (χ4n) is 2.84. The monoisotopic (exact) mass is 346 g/mol. The van der Waals surface area contributed by atoms with Crippen LogP contribution in [0.15, 0.2) is 46.4 Å². The fraction of sp³-hybridized carbons (Fsp3) is 0.471. The number of carbonyl (C=O) groups is 1. The Hall–Kier alpha value is -1.86. The van der Waals surface area contributed by atoms with Crippen molar-refractivity contribution in [2.45, 2.75) is 36.2 Å². The van der Waals surface area contributed by atoms with Crippen molar-refractivity contribution in [3.05, 3.63) is 42.6 Å². The number of aromatic nitrogens is 2. The molecule has 128 valence electrons. The SMILES string of the molecule is C[C@@H](Sc1ncccn1)C(=O)NC[C@H](c1ccco1)N1CCCC1. The second-order valence-corrected chi connectivity index (χ2v) is 7.12. The van der Waals surface area contributed by atoms with Crippen LogP contribution in [0.25, 0.3) is 0 Å². The summed E-state index contributed by atoms with van der Waals surface area (Å²) in [5.74, 6) is 0.895. The zero-order chi connectivity index (χ0) is 16.8. The van der Waals surface area contributed by atoms with E-state index in [1.807, 2.05) is 19.1 Å². The molecule has 3 heterocycles. The minimum atomic E-state index is -0.247. The Kier molecular flexibility index (Phi) is 5.87. The predicted molar refractivity (Wildman–Crippen MR) is 92.6 cm³/mol. The Labute approximate surface area is 146 Å². The number of nitrogens with zero attached hydrogens (tertiary/aromatic N) is 3. The molecule has 2 aromatic rings. The van der Waals surface area contributed by atoms with E-state index in [1.165, 1.54) is 24.6 Å². The molecule has 0 spiro atoms. The summed E-state index contributed by atoms with van der Waals surface area (Å²) in [6.07, 6.45) is 7.44. The normalized spacial score (nSPS) is 17.5. The molecule has 2 aromatic heterocycles. The highest BCUT2D eigenvalue weighted by atomic mass is 32.2. The van der Waals surface area contributed by atoms with Crippen molar-refractivity contribution < 1.29 is 9.21 Å². The lowest BCUT2D eigenvalue weighted by atomic mass is 10.2. The third-order valence-corrected chi connectivity index (χ3v) is 5.11. The van der Waals surface area contributed by atoms with E-state index < -0.39 is 0 Å². The zero-order valence-electron chi connectivity index (χ0n) is 13.7. The van der Waals surface area contributed by atoms with E-state index in [1.54, 1.807) is 24.7 Å². The van der Waals surface area contributed by atoms with Gasteiger partial charge in [0, 0.05) is 18.9 Å². The molecule has 1 saturated heterocycles. The third kappa shape index (κ3) is 4.36. The van der Waals surface area contributed by atoms with Crippen LogP contribution in [-0.4, -0.2) is 45.7 Å². The van der Waals surface area contributed by atoms with Crippen LogP contribution in [0.2, 0.25) is 0 Å². The van der Waals surface area contributed by atoms with Crippen LogP contribution in [-0.2, 0) is 4.79 Å². The second kappa shape index (κ2) is 8.30.